The Morgan fingerprint density at radius 3 is 2.38 bits per heavy atom. The van der Waals surface area contributed by atoms with E-state index in [-0.39, 0.29) is 23.2 Å². The second-order valence-electron chi connectivity index (χ2n) is 8.34. The number of esters is 1. The molecule has 0 amide bonds. The molecule has 0 unspecified atom stereocenters. The number of rotatable bonds is 5. The molecular formula is C26H26BrNO6. The lowest BCUT2D eigenvalue weighted by Crippen LogP contribution is -2.36. The van der Waals surface area contributed by atoms with E-state index in [9.17, 15) is 14.7 Å². The number of halogens is 1. The minimum absolute atomic E-state index is 0.00104. The van der Waals surface area contributed by atoms with Gasteiger partial charge < -0.3 is 24.6 Å². The molecule has 0 saturated carbocycles. The van der Waals surface area contributed by atoms with Gasteiger partial charge >= 0.3 is 5.97 Å². The number of ether oxygens (including phenoxy) is 3. The van der Waals surface area contributed by atoms with Crippen molar-refractivity contribution in [1.29, 1.82) is 0 Å². The zero-order valence-electron chi connectivity index (χ0n) is 19.4. The Kier molecular flexibility index (Phi) is 6.70. The number of methoxy groups -OCH3 is 3. The highest BCUT2D eigenvalue weighted by atomic mass is 79.9. The molecule has 8 heteroatoms. The molecule has 2 aromatic carbocycles. The Hall–Kier alpha value is -3.26. The average molecular weight is 528 g/mol. The Labute approximate surface area is 206 Å². The summed E-state index contributed by atoms with van der Waals surface area (Å²) in [5, 5.41) is 13.6. The monoisotopic (exact) mass is 527 g/mol. The summed E-state index contributed by atoms with van der Waals surface area (Å²) in [6, 6.07) is 11.1. The number of ketones is 1. The summed E-state index contributed by atoms with van der Waals surface area (Å²) in [5.41, 5.74) is 4.00. The molecule has 7 nitrogen and oxygen atoms in total. The third kappa shape index (κ3) is 4.18. The number of benzene rings is 2. The van der Waals surface area contributed by atoms with Crippen molar-refractivity contribution in [2.45, 2.75) is 31.6 Å². The van der Waals surface area contributed by atoms with Gasteiger partial charge in [-0.3, -0.25) is 4.79 Å². The molecule has 1 aliphatic heterocycles. The topological polar surface area (TPSA) is 94.1 Å². The van der Waals surface area contributed by atoms with Gasteiger partial charge in [-0.1, -0.05) is 12.1 Å². The highest BCUT2D eigenvalue weighted by molar-refractivity contribution is 9.10. The van der Waals surface area contributed by atoms with Crippen LogP contribution in [0.5, 0.6) is 17.2 Å². The summed E-state index contributed by atoms with van der Waals surface area (Å²) in [5.74, 6) is -0.269. The van der Waals surface area contributed by atoms with E-state index in [1.54, 1.807) is 26.2 Å². The normalized spacial score (nSPS) is 20.0. The van der Waals surface area contributed by atoms with Crippen LogP contribution in [-0.4, -0.2) is 38.2 Å². The standard InChI is InChI=1S/C26H26BrNO6/c1-13-22(26(31)34-4)23(16-9-18(27)25(30)21(12-16)33-3)24-19(28-13)10-15(11-20(24)29)14-5-7-17(32-2)8-6-14/h5-9,12,15,23,28,30H,10-11H2,1-4H3/t15-,23+/m1/s1. The van der Waals surface area contributed by atoms with Gasteiger partial charge in [-0.05, 0) is 70.6 Å². The SMILES string of the molecule is COC(=O)C1=C(C)NC2=C(C(=O)C[C@H](c3ccc(OC)cc3)C2)[C@H]1c1cc(Br)c(O)c(OC)c1. The number of Topliss-reactive ketones (excluding diaryl/α,β-unsaturated/α-hetero) is 1. The third-order valence-electron chi connectivity index (χ3n) is 6.42. The molecule has 2 aliphatic rings. The molecular weight excluding hydrogens is 502 g/mol. The Morgan fingerprint density at radius 2 is 1.76 bits per heavy atom. The van der Waals surface area contributed by atoms with Crippen molar-refractivity contribution in [3.8, 4) is 17.2 Å². The fraction of sp³-hybridized carbons (Fsp3) is 0.308. The van der Waals surface area contributed by atoms with Gasteiger partial charge in [0.1, 0.15) is 5.75 Å². The van der Waals surface area contributed by atoms with Crippen LogP contribution in [0.4, 0.5) is 0 Å². The molecule has 0 radical (unpaired) electrons. The minimum Gasteiger partial charge on any atom is -0.503 e. The van der Waals surface area contributed by atoms with Gasteiger partial charge in [0.2, 0.25) is 0 Å². The number of dihydropyridines is 1. The molecule has 0 bridgehead atoms. The van der Waals surface area contributed by atoms with E-state index in [0.717, 1.165) is 17.0 Å². The smallest absolute Gasteiger partial charge is 0.336 e. The fourth-order valence-corrected chi connectivity index (χ4v) is 5.24. The molecule has 1 heterocycles. The van der Waals surface area contributed by atoms with Crippen molar-refractivity contribution in [3.63, 3.8) is 0 Å². The predicted molar refractivity (Wildman–Crippen MR) is 130 cm³/mol. The second kappa shape index (κ2) is 9.54. The van der Waals surface area contributed by atoms with Gasteiger partial charge in [0.25, 0.3) is 0 Å². The van der Waals surface area contributed by atoms with Crippen molar-refractivity contribution in [2.75, 3.05) is 21.3 Å². The number of hydrogen-bond acceptors (Lipinski definition) is 7. The van der Waals surface area contributed by atoms with Crippen LogP contribution < -0.4 is 14.8 Å². The first-order chi connectivity index (χ1) is 16.3. The van der Waals surface area contributed by atoms with Gasteiger partial charge in [-0.15, -0.1) is 0 Å². The van der Waals surface area contributed by atoms with Crippen LogP contribution in [0.3, 0.4) is 0 Å². The maximum Gasteiger partial charge on any atom is 0.336 e. The first-order valence-electron chi connectivity index (χ1n) is 10.8. The number of allylic oxidation sites excluding steroid dienone is 3. The predicted octanol–water partition coefficient (Wildman–Crippen LogP) is 4.71. The molecule has 2 atom stereocenters. The van der Waals surface area contributed by atoms with Crippen LogP contribution in [0.15, 0.2) is 63.4 Å². The van der Waals surface area contributed by atoms with E-state index >= 15 is 0 Å². The molecule has 0 saturated heterocycles. The maximum absolute atomic E-state index is 13.6. The molecule has 2 aromatic rings. The van der Waals surface area contributed by atoms with E-state index in [0.29, 0.717) is 39.7 Å². The van der Waals surface area contributed by atoms with Crippen LogP contribution in [0.25, 0.3) is 0 Å². The number of phenolic OH excluding ortho intramolecular Hbond substituents is 1. The summed E-state index contributed by atoms with van der Waals surface area (Å²) in [6.45, 7) is 1.80. The van der Waals surface area contributed by atoms with Crippen molar-refractivity contribution in [2.24, 2.45) is 0 Å². The molecule has 1 aliphatic carbocycles. The highest BCUT2D eigenvalue weighted by Gasteiger charge is 2.41. The second-order valence-corrected chi connectivity index (χ2v) is 9.19. The largest absolute Gasteiger partial charge is 0.503 e. The molecule has 0 fully saturated rings. The maximum atomic E-state index is 13.6. The molecule has 0 spiro atoms. The van der Waals surface area contributed by atoms with Gasteiger partial charge in [0.15, 0.2) is 17.3 Å². The van der Waals surface area contributed by atoms with Gasteiger partial charge in [-0.2, -0.15) is 0 Å². The molecule has 0 aromatic heterocycles. The summed E-state index contributed by atoms with van der Waals surface area (Å²) < 4.78 is 16.1. The Morgan fingerprint density at radius 1 is 1.06 bits per heavy atom. The van der Waals surface area contributed by atoms with E-state index in [1.807, 2.05) is 24.3 Å². The molecule has 178 valence electrons. The lowest BCUT2D eigenvalue weighted by molar-refractivity contribution is -0.136. The number of aromatic hydroxyl groups is 1. The lowest BCUT2D eigenvalue weighted by Gasteiger charge is -2.36. The van der Waals surface area contributed by atoms with Crippen molar-refractivity contribution < 1.29 is 28.9 Å². The van der Waals surface area contributed by atoms with Crippen LogP contribution in [0.1, 0.15) is 42.7 Å². The molecule has 4 rings (SSSR count). The lowest BCUT2D eigenvalue weighted by atomic mass is 9.71. The molecule has 2 N–H and O–H groups in total. The van der Waals surface area contributed by atoms with Crippen molar-refractivity contribution >= 4 is 27.7 Å². The van der Waals surface area contributed by atoms with Crippen LogP contribution in [-0.2, 0) is 14.3 Å². The summed E-state index contributed by atoms with van der Waals surface area (Å²) in [4.78, 5) is 26.4. The van der Waals surface area contributed by atoms with Gasteiger partial charge in [0.05, 0.1) is 31.4 Å². The number of carbonyl (C=O) groups is 2. The van der Waals surface area contributed by atoms with Crippen molar-refractivity contribution in [3.05, 3.63) is 74.5 Å². The summed E-state index contributed by atoms with van der Waals surface area (Å²) in [7, 11) is 4.39. The van der Waals surface area contributed by atoms with Crippen LogP contribution in [0.2, 0.25) is 0 Å². The Bertz CT molecular complexity index is 1210. The van der Waals surface area contributed by atoms with Crippen LogP contribution in [0, 0.1) is 0 Å². The third-order valence-corrected chi connectivity index (χ3v) is 7.03. The fourth-order valence-electron chi connectivity index (χ4n) is 4.78. The number of phenols is 1. The van der Waals surface area contributed by atoms with E-state index in [2.05, 4.69) is 21.2 Å². The summed E-state index contributed by atoms with van der Waals surface area (Å²) in [6.07, 6.45) is 0.930. The zero-order chi connectivity index (χ0) is 24.6. The van der Waals surface area contributed by atoms with Gasteiger partial charge in [-0.25, -0.2) is 4.79 Å². The van der Waals surface area contributed by atoms with Gasteiger partial charge in [0, 0.05) is 29.3 Å². The average Bonchev–Trinajstić information content (AvgIpc) is 2.84. The number of carbonyl (C=O) groups excluding carboxylic acids is 2. The quantitative estimate of drug-likeness (QED) is 0.543. The number of hydrogen-bond donors (Lipinski definition) is 2. The highest BCUT2D eigenvalue weighted by Crippen LogP contribution is 2.48. The number of nitrogens with one attached hydrogen (secondary N) is 1. The van der Waals surface area contributed by atoms with E-state index < -0.39 is 11.9 Å². The summed E-state index contributed by atoms with van der Waals surface area (Å²) >= 11 is 3.36. The van der Waals surface area contributed by atoms with E-state index in [1.165, 1.54) is 14.2 Å². The first-order valence-corrected chi connectivity index (χ1v) is 11.6. The molecule has 34 heavy (non-hydrogen) atoms. The van der Waals surface area contributed by atoms with Crippen LogP contribution >= 0.6 is 15.9 Å². The first kappa shape index (κ1) is 23.9. The van der Waals surface area contributed by atoms with E-state index in [4.69, 9.17) is 14.2 Å². The Balaban J connectivity index is 1.83. The minimum atomic E-state index is -0.654. The zero-order valence-corrected chi connectivity index (χ0v) is 21.0. The van der Waals surface area contributed by atoms with Crippen molar-refractivity contribution in [1.82, 2.24) is 5.32 Å².